The number of para-hydroxylation sites is 2. The van der Waals surface area contributed by atoms with Crippen LogP contribution in [0.15, 0.2) is 29.4 Å². The summed E-state index contributed by atoms with van der Waals surface area (Å²) in [5.74, 6) is -1.06. The van der Waals surface area contributed by atoms with Crippen molar-refractivity contribution in [2.45, 2.75) is 37.2 Å². The summed E-state index contributed by atoms with van der Waals surface area (Å²) >= 11 is 1.23. The summed E-state index contributed by atoms with van der Waals surface area (Å²) in [5, 5.41) is 11.0. The molecule has 0 N–H and O–H groups in total. The van der Waals surface area contributed by atoms with E-state index >= 15 is 0 Å². The van der Waals surface area contributed by atoms with Crippen molar-refractivity contribution < 1.29 is 9.90 Å². The van der Waals surface area contributed by atoms with Crippen molar-refractivity contribution in [3.8, 4) is 0 Å². The minimum atomic E-state index is -1.06. The highest BCUT2D eigenvalue weighted by molar-refractivity contribution is 8.00. The molecule has 0 aliphatic carbocycles. The predicted octanol–water partition coefficient (Wildman–Crippen LogP) is 1.68. The third-order valence-electron chi connectivity index (χ3n) is 2.68. The molecule has 0 saturated carbocycles. The monoisotopic (exact) mass is 263 g/mol. The third-order valence-corrected chi connectivity index (χ3v) is 3.75. The van der Waals surface area contributed by atoms with Gasteiger partial charge in [-0.1, -0.05) is 30.8 Å². The molecule has 0 amide bonds. The van der Waals surface area contributed by atoms with Crippen LogP contribution in [0.25, 0.3) is 11.0 Å². The first-order valence-corrected chi connectivity index (χ1v) is 6.84. The summed E-state index contributed by atoms with van der Waals surface area (Å²) in [6.07, 6.45) is 0.980. The fraction of sp³-hybridized carbons (Fsp3) is 0.385. The SMILES string of the molecule is CCCn1c(S[C@@H](C)C(=O)[O-])nc2ccccc21. The lowest BCUT2D eigenvalue weighted by molar-refractivity contribution is -0.304. The van der Waals surface area contributed by atoms with E-state index < -0.39 is 11.2 Å². The summed E-state index contributed by atoms with van der Waals surface area (Å²) in [6.45, 7) is 4.55. The first kappa shape index (κ1) is 13.0. The van der Waals surface area contributed by atoms with Gasteiger partial charge in [0.05, 0.1) is 17.0 Å². The van der Waals surface area contributed by atoms with Crippen LogP contribution in [0, 0.1) is 0 Å². The standard InChI is InChI=1S/C13H16N2O2S/c1-3-8-15-11-7-5-4-6-10(11)14-13(15)18-9(2)12(16)17/h4-7,9H,3,8H2,1-2H3,(H,16,17)/p-1/t9-/m0/s1. The molecule has 4 nitrogen and oxygen atoms in total. The van der Waals surface area contributed by atoms with Crippen molar-refractivity contribution >= 4 is 28.8 Å². The summed E-state index contributed by atoms with van der Waals surface area (Å²) in [7, 11) is 0. The number of carboxylic acids is 1. The number of rotatable bonds is 5. The van der Waals surface area contributed by atoms with E-state index in [1.165, 1.54) is 11.8 Å². The molecule has 0 aliphatic heterocycles. The molecular formula is C13H15N2O2S-. The van der Waals surface area contributed by atoms with Gasteiger partial charge in [0, 0.05) is 11.8 Å². The normalized spacial score (nSPS) is 12.8. The van der Waals surface area contributed by atoms with E-state index in [4.69, 9.17) is 0 Å². The number of carbonyl (C=O) groups excluding carboxylic acids is 1. The minimum Gasteiger partial charge on any atom is -0.549 e. The van der Waals surface area contributed by atoms with Crippen molar-refractivity contribution in [2.24, 2.45) is 0 Å². The highest BCUT2D eigenvalue weighted by atomic mass is 32.2. The molecule has 1 aromatic heterocycles. The van der Waals surface area contributed by atoms with Gasteiger partial charge in [0.25, 0.3) is 0 Å². The third kappa shape index (κ3) is 2.51. The van der Waals surface area contributed by atoms with E-state index in [1.54, 1.807) is 6.92 Å². The molecule has 0 fully saturated rings. The Bertz CT molecular complexity index is 565. The minimum absolute atomic E-state index is 0.600. The number of aryl methyl sites for hydroxylation is 1. The lowest BCUT2D eigenvalue weighted by atomic mass is 10.3. The van der Waals surface area contributed by atoms with E-state index in [0.717, 1.165) is 29.2 Å². The Kier molecular flexibility index (Phi) is 3.91. The predicted molar refractivity (Wildman–Crippen MR) is 70.4 cm³/mol. The second-order valence-corrected chi connectivity index (χ2v) is 5.42. The average molecular weight is 263 g/mol. The Labute approximate surface area is 110 Å². The van der Waals surface area contributed by atoms with Gasteiger partial charge in [-0.25, -0.2) is 4.98 Å². The zero-order chi connectivity index (χ0) is 13.1. The van der Waals surface area contributed by atoms with Crippen LogP contribution in [0.1, 0.15) is 20.3 Å². The van der Waals surface area contributed by atoms with E-state index in [2.05, 4.69) is 16.5 Å². The molecule has 1 aromatic carbocycles. The quantitative estimate of drug-likeness (QED) is 0.770. The van der Waals surface area contributed by atoms with Gasteiger partial charge in [-0.3, -0.25) is 0 Å². The van der Waals surface area contributed by atoms with Crippen molar-refractivity contribution in [2.75, 3.05) is 0 Å². The number of imidazole rings is 1. The number of fused-ring (bicyclic) bond motifs is 1. The van der Waals surface area contributed by atoms with Gasteiger partial charge in [0.2, 0.25) is 0 Å². The highest BCUT2D eigenvalue weighted by Crippen LogP contribution is 2.27. The summed E-state index contributed by atoms with van der Waals surface area (Å²) in [6, 6.07) is 7.84. The van der Waals surface area contributed by atoms with Gasteiger partial charge in [-0.05, 0) is 25.5 Å². The number of nitrogens with zero attached hydrogens (tertiary/aromatic N) is 2. The lowest BCUT2D eigenvalue weighted by Crippen LogP contribution is -2.31. The average Bonchev–Trinajstić information content (AvgIpc) is 2.68. The topological polar surface area (TPSA) is 58.0 Å². The second kappa shape index (κ2) is 5.44. The number of benzene rings is 1. The molecule has 0 unspecified atom stereocenters. The van der Waals surface area contributed by atoms with Gasteiger partial charge in [0.1, 0.15) is 0 Å². The maximum atomic E-state index is 10.8. The number of aromatic nitrogens is 2. The highest BCUT2D eigenvalue weighted by Gasteiger charge is 2.14. The van der Waals surface area contributed by atoms with Crippen molar-refractivity contribution in [1.82, 2.24) is 9.55 Å². The molecular weight excluding hydrogens is 248 g/mol. The lowest BCUT2D eigenvalue weighted by Gasteiger charge is -2.13. The molecule has 0 radical (unpaired) electrons. The van der Waals surface area contributed by atoms with Crippen LogP contribution in [-0.2, 0) is 11.3 Å². The number of carbonyl (C=O) groups is 1. The molecule has 18 heavy (non-hydrogen) atoms. The second-order valence-electron chi connectivity index (χ2n) is 4.11. The molecule has 0 bridgehead atoms. The number of hydrogen-bond donors (Lipinski definition) is 0. The van der Waals surface area contributed by atoms with Gasteiger partial charge >= 0.3 is 0 Å². The number of aliphatic carboxylic acids is 1. The molecule has 0 aliphatic rings. The summed E-state index contributed by atoms with van der Waals surface area (Å²) in [4.78, 5) is 15.3. The fourth-order valence-corrected chi connectivity index (χ4v) is 2.67. The molecule has 96 valence electrons. The largest absolute Gasteiger partial charge is 0.549 e. The van der Waals surface area contributed by atoms with Crippen LogP contribution >= 0.6 is 11.8 Å². The van der Waals surface area contributed by atoms with Gasteiger partial charge in [-0.2, -0.15) is 0 Å². The van der Waals surface area contributed by atoms with E-state index in [9.17, 15) is 9.90 Å². The smallest absolute Gasteiger partial charge is 0.169 e. The number of hydrogen-bond acceptors (Lipinski definition) is 4. The van der Waals surface area contributed by atoms with Gasteiger partial charge in [0.15, 0.2) is 5.16 Å². The van der Waals surface area contributed by atoms with E-state index in [0.29, 0.717) is 0 Å². The maximum Gasteiger partial charge on any atom is 0.169 e. The van der Waals surface area contributed by atoms with Crippen molar-refractivity contribution in [3.05, 3.63) is 24.3 Å². The Morgan fingerprint density at radius 1 is 1.50 bits per heavy atom. The Hall–Kier alpha value is -1.49. The first-order valence-electron chi connectivity index (χ1n) is 5.96. The van der Waals surface area contributed by atoms with E-state index in [1.807, 2.05) is 24.3 Å². The molecule has 1 heterocycles. The number of thioether (sulfide) groups is 1. The van der Waals surface area contributed by atoms with Gasteiger partial charge < -0.3 is 14.5 Å². The molecule has 0 saturated heterocycles. The van der Waals surface area contributed by atoms with Crippen LogP contribution in [0.4, 0.5) is 0 Å². The van der Waals surface area contributed by atoms with Crippen LogP contribution in [0.2, 0.25) is 0 Å². The Balaban J connectivity index is 2.42. The number of carboxylic acid groups (broad SMARTS) is 1. The maximum absolute atomic E-state index is 10.8. The van der Waals surface area contributed by atoms with Crippen LogP contribution in [0.3, 0.4) is 0 Å². The zero-order valence-electron chi connectivity index (χ0n) is 10.4. The summed E-state index contributed by atoms with van der Waals surface area (Å²) < 4.78 is 2.07. The molecule has 5 heteroatoms. The zero-order valence-corrected chi connectivity index (χ0v) is 11.2. The molecule has 0 spiro atoms. The van der Waals surface area contributed by atoms with Crippen LogP contribution in [-0.4, -0.2) is 20.8 Å². The molecule has 2 aromatic rings. The Morgan fingerprint density at radius 3 is 2.89 bits per heavy atom. The van der Waals surface area contributed by atoms with Crippen molar-refractivity contribution in [1.29, 1.82) is 0 Å². The first-order chi connectivity index (χ1) is 8.63. The fourth-order valence-electron chi connectivity index (χ4n) is 1.79. The van der Waals surface area contributed by atoms with E-state index in [-0.39, 0.29) is 0 Å². The summed E-state index contributed by atoms with van der Waals surface area (Å²) in [5.41, 5.74) is 1.95. The van der Waals surface area contributed by atoms with Crippen molar-refractivity contribution in [3.63, 3.8) is 0 Å². The van der Waals surface area contributed by atoms with Gasteiger partial charge in [-0.15, -0.1) is 0 Å². The van der Waals surface area contributed by atoms with Crippen LogP contribution in [0.5, 0.6) is 0 Å². The molecule has 2 rings (SSSR count). The molecule has 1 atom stereocenters. The Morgan fingerprint density at radius 2 is 2.22 bits per heavy atom. The van der Waals surface area contributed by atoms with Crippen LogP contribution < -0.4 is 5.11 Å².